The van der Waals surface area contributed by atoms with Gasteiger partial charge in [-0.25, -0.2) is 9.97 Å². The molecule has 4 bridgehead atoms. The molecular formula is C22H32N4O2. The molecule has 0 saturated heterocycles. The second kappa shape index (κ2) is 6.68. The van der Waals surface area contributed by atoms with Gasteiger partial charge in [0.25, 0.3) is 5.91 Å². The molecule has 152 valence electrons. The lowest BCUT2D eigenvalue weighted by Crippen LogP contribution is -2.61. The van der Waals surface area contributed by atoms with E-state index in [-0.39, 0.29) is 18.0 Å². The smallest absolute Gasteiger partial charge is 0.254 e. The molecule has 0 aliphatic heterocycles. The predicted octanol–water partition coefficient (Wildman–Crippen LogP) is 3.23. The van der Waals surface area contributed by atoms with Gasteiger partial charge in [0, 0.05) is 24.2 Å². The minimum absolute atomic E-state index is 0.0255. The van der Waals surface area contributed by atoms with E-state index in [1.54, 1.807) is 6.20 Å². The van der Waals surface area contributed by atoms with E-state index in [0.29, 0.717) is 35.2 Å². The molecule has 6 rings (SSSR count). The molecule has 28 heavy (non-hydrogen) atoms. The fraction of sp³-hybridized carbons (Fsp3) is 0.773. The molecule has 1 amide bonds. The van der Waals surface area contributed by atoms with Gasteiger partial charge in [0.1, 0.15) is 0 Å². The molecule has 1 heterocycles. The molecule has 6 nitrogen and oxygen atoms in total. The van der Waals surface area contributed by atoms with Gasteiger partial charge in [-0.1, -0.05) is 6.42 Å². The number of nitrogens with one attached hydrogen (secondary N) is 2. The molecule has 5 aliphatic rings. The van der Waals surface area contributed by atoms with E-state index in [0.717, 1.165) is 50.6 Å². The van der Waals surface area contributed by atoms with E-state index in [4.69, 9.17) is 4.98 Å². The van der Waals surface area contributed by atoms with E-state index < -0.39 is 5.60 Å². The van der Waals surface area contributed by atoms with Gasteiger partial charge in [-0.2, -0.15) is 0 Å². The largest absolute Gasteiger partial charge is 0.390 e. The Morgan fingerprint density at radius 2 is 1.93 bits per heavy atom. The third-order valence-corrected chi connectivity index (χ3v) is 7.51. The lowest BCUT2D eigenvalue weighted by atomic mass is 9.52. The number of hydrogen-bond acceptors (Lipinski definition) is 5. The van der Waals surface area contributed by atoms with Gasteiger partial charge < -0.3 is 15.7 Å². The Bertz CT molecular complexity index is 760. The molecule has 5 saturated carbocycles. The molecule has 0 aromatic carbocycles. The van der Waals surface area contributed by atoms with Crippen LogP contribution in [0.3, 0.4) is 0 Å². The summed E-state index contributed by atoms with van der Waals surface area (Å²) in [5.41, 5.74) is 1.08. The van der Waals surface area contributed by atoms with Gasteiger partial charge in [-0.3, -0.25) is 4.79 Å². The van der Waals surface area contributed by atoms with E-state index in [1.807, 2.05) is 0 Å². The van der Waals surface area contributed by atoms with Gasteiger partial charge in [-0.15, -0.1) is 0 Å². The van der Waals surface area contributed by atoms with Crippen LogP contribution in [-0.4, -0.2) is 38.7 Å². The molecule has 1 aromatic heterocycles. The van der Waals surface area contributed by atoms with Crippen LogP contribution in [0.15, 0.2) is 6.20 Å². The van der Waals surface area contributed by atoms with Gasteiger partial charge in [-0.05, 0) is 76.5 Å². The van der Waals surface area contributed by atoms with Crippen LogP contribution in [0.5, 0.6) is 0 Å². The first-order valence-electron chi connectivity index (χ1n) is 11.1. The molecule has 1 aromatic rings. The van der Waals surface area contributed by atoms with Crippen LogP contribution < -0.4 is 10.6 Å². The average molecular weight is 385 g/mol. The zero-order valence-electron chi connectivity index (χ0n) is 16.9. The summed E-state index contributed by atoms with van der Waals surface area (Å²) in [6, 6.07) is 0.444. The Morgan fingerprint density at radius 1 is 1.21 bits per heavy atom. The first kappa shape index (κ1) is 18.3. The molecule has 2 atom stereocenters. The molecule has 5 fully saturated rings. The van der Waals surface area contributed by atoms with Crippen molar-refractivity contribution in [3.63, 3.8) is 0 Å². The highest BCUT2D eigenvalue weighted by molar-refractivity contribution is 5.95. The Kier molecular flexibility index (Phi) is 4.38. The van der Waals surface area contributed by atoms with Gasteiger partial charge in [0.05, 0.1) is 16.9 Å². The van der Waals surface area contributed by atoms with Crippen LogP contribution in [0.4, 0.5) is 5.95 Å². The minimum atomic E-state index is -0.470. The normalized spacial score (nSPS) is 36.4. The molecular weight excluding hydrogens is 352 g/mol. The minimum Gasteiger partial charge on any atom is -0.390 e. The van der Waals surface area contributed by atoms with Crippen molar-refractivity contribution in [2.24, 2.45) is 17.8 Å². The van der Waals surface area contributed by atoms with Crippen LogP contribution in [0.25, 0.3) is 0 Å². The molecule has 2 unspecified atom stereocenters. The summed E-state index contributed by atoms with van der Waals surface area (Å²) in [6.45, 7) is 4.13. The third-order valence-electron chi connectivity index (χ3n) is 7.51. The summed E-state index contributed by atoms with van der Waals surface area (Å²) in [7, 11) is 0. The molecule has 3 N–H and O–H groups in total. The summed E-state index contributed by atoms with van der Waals surface area (Å²) in [5.74, 6) is 2.43. The standard InChI is InChI=1S/C22H32N4O2/c1-12(2)24-21-23-11-17(19(26-21)14-4-3-5-14)20(27)25-18-15-6-13-7-16(18)10-22(28,8-13)9-15/h11-16,18,28H,3-10H2,1-2H3,(H,25,27)(H,23,24,26). The van der Waals surface area contributed by atoms with Crippen LogP contribution in [0.2, 0.25) is 0 Å². The van der Waals surface area contributed by atoms with Gasteiger partial charge >= 0.3 is 0 Å². The monoisotopic (exact) mass is 384 g/mol. The van der Waals surface area contributed by atoms with Crippen molar-refractivity contribution < 1.29 is 9.90 Å². The number of nitrogens with zero attached hydrogens (tertiary/aromatic N) is 2. The van der Waals surface area contributed by atoms with E-state index in [1.165, 1.54) is 6.42 Å². The Balaban J connectivity index is 1.36. The molecule has 5 aliphatic carbocycles. The van der Waals surface area contributed by atoms with Crippen molar-refractivity contribution in [2.45, 2.75) is 88.8 Å². The summed E-state index contributed by atoms with van der Waals surface area (Å²) >= 11 is 0. The fourth-order valence-electron chi connectivity index (χ4n) is 6.34. The zero-order chi connectivity index (χ0) is 19.5. The maximum Gasteiger partial charge on any atom is 0.254 e. The van der Waals surface area contributed by atoms with Gasteiger partial charge in [0.15, 0.2) is 0 Å². The second-order valence-corrected chi connectivity index (χ2v) is 10.1. The molecule has 0 spiro atoms. The highest BCUT2D eigenvalue weighted by Gasteiger charge is 2.55. The number of aliphatic hydroxyl groups is 1. The van der Waals surface area contributed by atoms with Crippen molar-refractivity contribution in [3.8, 4) is 0 Å². The highest BCUT2D eigenvalue weighted by Crippen LogP contribution is 2.55. The number of rotatable bonds is 5. The Labute approximate surface area is 166 Å². The van der Waals surface area contributed by atoms with Crippen molar-refractivity contribution >= 4 is 11.9 Å². The second-order valence-electron chi connectivity index (χ2n) is 10.1. The Morgan fingerprint density at radius 3 is 2.50 bits per heavy atom. The quantitative estimate of drug-likeness (QED) is 0.725. The molecule has 6 heteroatoms. The number of carbonyl (C=O) groups excluding carboxylic acids is 1. The number of anilines is 1. The first-order chi connectivity index (χ1) is 13.4. The summed E-state index contributed by atoms with van der Waals surface area (Å²) in [6.07, 6.45) is 10.1. The van der Waals surface area contributed by atoms with E-state index in [2.05, 4.69) is 29.5 Å². The van der Waals surface area contributed by atoms with Crippen molar-refractivity contribution in [1.29, 1.82) is 0 Å². The number of hydrogen-bond donors (Lipinski definition) is 3. The van der Waals surface area contributed by atoms with E-state index in [9.17, 15) is 9.90 Å². The topological polar surface area (TPSA) is 87.1 Å². The first-order valence-corrected chi connectivity index (χ1v) is 11.1. The molecule has 0 radical (unpaired) electrons. The lowest BCUT2D eigenvalue weighted by Gasteiger charge is -2.58. The van der Waals surface area contributed by atoms with Crippen molar-refractivity contribution in [1.82, 2.24) is 15.3 Å². The van der Waals surface area contributed by atoms with Crippen LogP contribution in [-0.2, 0) is 0 Å². The van der Waals surface area contributed by atoms with Crippen LogP contribution >= 0.6 is 0 Å². The zero-order valence-corrected chi connectivity index (χ0v) is 16.9. The highest BCUT2D eigenvalue weighted by atomic mass is 16.3. The van der Waals surface area contributed by atoms with Gasteiger partial charge in [0.2, 0.25) is 5.95 Å². The summed E-state index contributed by atoms with van der Waals surface area (Å²) in [5, 5.41) is 17.4. The average Bonchev–Trinajstić information content (AvgIpc) is 2.54. The van der Waals surface area contributed by atoms with E-state index >= 15 is 0 Å². The maximum atomic E-state index is 13.2. The number of amides is 1. The fourth-order valence-corrected chi connectivity index (χ4v) is 6.34. The number of aromatic nitrogens is 2. The predicted molar refractivity (Wildman–Crippen MR) is 107 cm³/mol. The summed E-state index contributed by atoms with van der Waals surface area (Å²) < 4.78 is 0. The summed E-state index contributed by atoms with van der Waals surface area (Å²) in [4.78, 5) is 22.4. The Hall–Kier alpha value is -1.69. The lowest BCUT2D eigenvalue weighted by molar-refractivity contribution is -0.136. The number of carbonyl (C=O) groups is 1. The van der Waals surface area contributed by atoms with Crippen LogP contribution in [0, 0.1) is 17.8 Å². The van der Waals surface area contributed by atoms with Crippen molar-refractivity contribution in [2.75, 3.05) is 5.32 Å². The third kappa shape index (κ3) is 3.19. The SMILES string of the molecule is CC(C)Nc1ncc(C(=O)NC2C3CC4CC2CC(O)(C4)C3)c(C2CCC2)n1. The van der Waals surface area contributed by atoms with Crippen LogP contribution in [0.1, 0.15) is 87.2 Å². The van der Waals surface area contributed by atoms with Crippen molar-refractivity contribution in [3.05, 3.63) is 17.5 Å². The maximum absolute atomic E-state index is 13.2.